The molecule has 0 aromatic heterocycles. The van der Waals surface area contributed by atoms with Crippen LogP contribution in [-0.4, -0.2) is 37.4 Å². The molecule has 4 nitrogen and oxygen atoms in total. The number of rotatable bonds is 6. The Morgan fingerprint density at radius 2 is 2.20 bits per heavy atom. The van der Waals surface area contributed by atoms with Crippen LogP contribution in [-0.2, 0) is 14.3 Å². The molecule has 1 amide bonds. The van der Waals surface area contributed by atoms with Crippen molar-refractivity contribution in [3.63, 3.8) is 0 Å². The Morgan fingerprint density at radius 1 is 1.35 bits per heavy atom. The first-order valence-corrected chi connectivity index (χ1v) is 8.20. The molecule has 0 aromatic rings. The smallest absolute Gasteiger partial charge is 0.248 e. The summed E-state index contributed by atoms with van der Waals surface area (Å²) >= 11 is 0. The van der Waals surface area contributed by atoms with Crippen molar-refractivity contribution in [3.8, 4) is 0 Å². The van der Waals surface area contributed by atoms with Gasteiger partial charge in [0.2, 0.25) is 5.91 Å². The Hall–Kier alpha value is -0.610. The fourth-order valence-electron chi connectivity index (χ4n) is 3.22. The van der Waals surface area contributed by atoms with E-state index in [1.54, 1.807) is 0 Å². The lowest BCUT2D eigenvalue weighted by Crippen LogP contribution is -2.38. The largest absolute Gasteiger partial charge is 0.378 e. The maximum atomic E-state index is 12.0. The molecular formula is C16H29NO3. The lowest BCUT2D eigenvalue weighted by Gasteiger charge is -2.29. The summed E-state index contributed by atoms with van der Waals surface area (Å²) in [7, 11) is 0. The molecular weight excluding hydrogens is 254 g/mol. The molecule has 4 heteroatoms. The standard InChI is InChI=1S/C16H29NO3/c1-12-5-3-6-15(11-12)20-13(2)16(18)17-9-8-14-7-4-10-19-14/h12-15H,3-11H2,1-2H3,(H,17,18)/t12-,13+,14-,15+/m1/s1. The van der Waals surface area contributed by atoms with Crippen molar-refractivity contribution in [2.24, 2.45) is 5.92 Å². The van der Waals surface area contributed by atoms with Crippen LogP contribution in [0, 0.1) is 5.92 Å². The molecule has 1 aliphatic carbocycles. The number of carbonyl (C=O) groups is 1. The van der Waals surface area contributed by atoms with Crippen molar-refractivity contribution >= 4 is 5.91 Å². The molecule has 1 heterocycles. The van der Waals surface area contributed by atoms with Crippen LogP contribution in [0.2, 0.25) is 0 Å². The second-order valence-electron chi connectivity index (χ2n) is 6.39. The van der Waals surface area contributed by atoms with Gasteiger partial charge in [0.25, 0.3) is 0 Å². The molecule has 0 aromatic carbocycles. The van der Waals surface area contributed by atoms with E-state index in [9.17, 15) is 4.79 Å². The van der Waals surface area contributed by atoms with Crippen molar-refractivity contribution in [3.05, 3.63) is 0 Å². The lowest BCUT2D eigenvalue weighted by molar-refractivity contribution is -0.137. The van der Waals surface area contributed by atoms with E-state index in [0.29, 0.717) is 12.6 Å². The highest BCUT2D eigenvalue weighted by atomic mass is 16.5. The summed E-state index contributed by atoms with van der Waals surface area (Å²) < 4.78 is 11.4. The van der Waals surface area contributed by atoms with E-state index >= 15 is 0 Å². The highest BCUT2D eigenvalue weighted by Gasteiger charge is 2.24. The van der Waals surface area contributed by atoms with Gasteiger partial charge in [-0.15, -0.1) is 0 Å². The Bertz CT molecular complexity index is 302. The molecule has 1 saturated carbocycles. The van der Waals surface area contributed by atoms with Crippen LogP contribution in [0.4, 0.5) is 0 Å². The van der Waals surface area contributed by atoms with Gasteiger partial charge in [-0.05, 0) is 44.9 Å². The molecule has 2 fully saturated rings. The SMILES string of the molecule is C[C@@H]1CCC[C@H](O[C@@H](C)C(=O)NCC[C@H]2CCCO2)C1. The number of hydrogen-bond acceptors (Lipinski definition) is 3. The summed E-state index contributed by atoms with van der Waals surface area (Å²) in [5, 5.41) is 2.97. The zero-order valence-electron chi connectivity index (χ0n) is 12.9. The third kappa shape index (κ3) is 5.06. The number of nitrogens with one attached hydrogen (secondary N) is 1. The van der Waals surface area contributed by atoms with Crippen molar-refractivity contribution < 1.29 is 14.3 Å². The molecule has 0 bridgehead atoms. The van der Waals surface area contributed by atoms with Gasteiger partial charge in [0.05, 0.1) is 12.2 Å². The zero-order valence-corrected chi connectivity index (χ0v) is 12.9. The van der Waals surface area contributed by atoms with Gasteiger partial charge in [-0.3, -0.25) is 4.79 Å². The molecule has 0 radical (unpaired) electrons. The first-order valence-electron chi connectivity index (χ1n) is 8.20. The van der Waals surface area contributed by atoms with E-state index in [1.165, 1.54) is 12.8 Å². The van der Waals surface area contributed by atoms with E-state index in [1.807, 2.05) is 6.92 Å². The van der Waals surface area contributed by atoms with E-state index in [2.05, 4.69) is 12.2 Å². The van der Waals surface area contributed by atoms with Gasteiger partial charge in [-0.25, -0.2) is 0 Å². The normalized spacial score (nSPS) is 32.0. The minimum atomic E-state index is -0.338. The molecule has 0 spiro atoms. The van der Waals surface area contributed by atoms with E-state index < -0.39 is 0 Å². The minimum Gasteiger partial charge on any atom is -0.378 e. The van der Waals surface area contributed by atoms with Gasteiger partial charge in [0.15, 0.2) is 0 Å². The van der Waals surface area contributed by atoms with Gasteiger partial charge in [-0.1, -0.05) is 19.8 Å². The van der Waals surface area contributed by atoms with Gasteiger partial charge in [-0.2, -0.15) is 0 Å². The monoisotopic (exact) mass is 283 g/mol. The Kier molecular flexibility index (Phi) is 6.30. The average molecular weight is 283 g/mol. The Morgan fingerprint density at radius 3 is 2.90 bits per heavy atom. The van der Waals surface area contributed by atoms with Crippen molar-refractivity contribution in [1.82, 2.24) is 5.32 Å². The fourth-order valence-corrected chi connectivity index (χ4v) is 3.22. The summed E-state index contributed by atoms with van der Waals surface area (Å²) in [4.78, 5) is 12.0. The zero-order chi connectivity index (χ0) is 14.4. The summed E-state index contributed by atoms with van der Waals surface area (Å²) in [6.07, 6.45) is 8.16. The number of carbonyl (C=O) groups excluding carboxylic acids is 1. The van der Waals surface area contributed by atoms with Crippen LogP contribution in [0.15, 0.2) is 0 Å². The lowest BCUT2D eigenvalue weighted by atomic mass is 9.88. The first kappa shape index (κ1) is 15.8. The van der Waals surface area contributed by atoms with Crippen molar-refractivity contribution in [1.29, 1.82) is 0 Å². The first-order chi connectivity index (χ1) is 9.65. The second-order valence-corrected chi connectivity index (χ2v) is 6.39. The highest BCUT2D eigenvalue weighted by Crippen LogP contribution is 2.26. The minimum absolute atomic E-state index is 0.0150. The molecule has 2 rings (SSSR count). The number of amides is 1. The molecule has 1 saturated heterocycles. The molecule has 1 N–H and O–H groups in total. The van der Waals surface area contributed by atoms with Crippen LogP contribution in [0.5, 0.6) is 0 Å². The Balaban J connectivity index is 1.61. The predicted octanol–water partition coefficient (Wildman–Crippen LogP) is 2.66. The third-order valence-corrected chi connectivity index (χ3v) is 4.44. The predicted molar refractivity (Wildman–Crippen MR) is 78.6 cm³/mol. The van der Waals surface area contributed by atoms with Crippen molar-refractivity contribution in [2.75, 3.05) is 13.2 Å². The maximum Gasteiger partial charge on any atom is 0.248 e. The number of hydrogen-bond donors (Lipinski definition) is 1. The summed E-state index contributed by atoms with van der Waals surface area (Å²) in [6, 6.07) is 0. The Labute approximate surface area is 122 Å². The average Bonchev–Trinajstić information content (AvgIpc) is 2.91. The van der Waals surface area contributed by atoms with Crippen LogP contribution in [0.25, 0.3) is 0 Å². The summed E-state index contributed by atoms with van der Waals surface area (Å²) in [6.45, 7) is 5.69. The molecule has 1 aliphatic heterocycles. The maximum absolute atomic E-state index is 12.0. The topological polar surface area (TPSA) is 47.6 Å². The van der Waals surface area contributed by atoms with Gasteiger partial charge in [0, 0.05) is 13.2 Å². The van der Waals surface area contributed by atoms with E-state index in [0.717, 1.165) is 44.6 Å². The molecule has 2 aliphatic rings. The van der Waals surface area contributed by atoms with Crippen LogP contribution in [0.1, 0.15) is 58.8 Å². The molecule has 0 unspecified atom stereocenters. The molecule has 4 atom stereocenters. The second kappa shape index (κ2) is 7.99. The van der Waals surface area contributed by atoms with Gasteiger partial charge < -0.3 is 14.8 Å². The van der Waals surface area contributed by atoms with Gasteiger partial charge in [0.1, 0.15) is 6.10 Å². The van der Waals surface area contributed by atoms with Crippen LogP contribution in [0.3, 0.4) is 0 Å². The highest BCUT2D eigenvalue weighted by molar-refractivity contribution is 5.80. The fraction of sp³-hybridized carbons (Fsp3) is 0.938. The molecule has 20 heavy (non-hydrogen) atoms. The van der Waals surface area contributed by atoms with Gasteiger partial charge >= 0.3 is 0 Å². The van der Waals surface area contributed by atoms with Crippen molar-refractivity contribution in [2.45, 2.75) is 77.1 Å². The number of ether oxygens (including phenoxy) is 2. The molecule has 116 valence electrons. The third-order valence-electron chi connectivity index (χ3n) is 4.44. The summed E-state index contributed by atoms with van der Waals surface area (Å²) in [5.41, 5.74) is 0. The quantitative estimate of drug-likeness (QED) is 0.815. The summed E-state index contributed by atoms with van der Waals surface area (Å²) in [5.74, 6) is 0.741. The van der Waals surface area contributed by atoms with E-state index in [-0.39, 0.29) is 18.1 Å². The van der Waals surface area contributed by atoms with Crippen LogP contribution >= 0.6 is 0 Å². The van der Waals surface area contributed by atoms with E-state index in [4.69, 9.17) is 9.47 Å². The van der Waals surface area contributed by atoms with Crippen LogP contribution < -0.4 is 5.32 Å².